The average Bonchev–Trinajstić information content (AvgIpc) is 2.87. The normalized spacial score (nSPS) is 19.4. The van der Waals surface area contributed by atoms with Gasteiger partial charge in [-0.15, -0.1) is 5.92 Å². The highest BCUT2D eigenvalue weighted by Gasteiger charge is 2.32. The summed E-state index contributed by atoms with van der Waals surface area (Å²) in [6, 6.07) is 6.51. The molecule has 7 heteroatoms. The molecule has 1 unspecified atom stereocenters. The molecule has 2 rings (SSSR count). The smallest absolute Gasteiger partial charge is 0.265 e. The van der Waals surface area contributed by atoms with E-state index in [1.165, 1.54) is 0 Å². The van der Waals surface area contributed by atoms with Crippen LogP contribution in [-0.2, 0) is 14.9 Å². The number of anilines is 1. The van der Waals surface area contributed by atoms with Gasteiger partial charge in [0.2, 0.25) is 0 Å². The second kappa shape index (κ2) is 6.50. The molecule has 1 fully saturated rings. The summed E-state index contributed by atoms with van der Waals surface area (Å²) in [4.78, 5) is 5.33. The molecule has 0 bridgehead atoms. The standard InChI is InChI=1S/C13H16N2O3S2/c1-2-3-8-14-11-4-6-13(7-5-11)20(16,17)15-9-12(19)10-18-15/h4-7,12,14,19H,8-10H2,1H3. The number of hydrogen-bond donors (Lipinski definition) is 2. The number of nitrogens with one attached hydrogen (secondary N) is 1. The molecule has 0 radical (unpaired) electrons. The predicted octanol–water partition coefficient (Wildman–Crippen LogP) is 1.36. The molecular weight excluding hydrogens is 296 g/mol. The van der Waals surface area contributed by atoms with E-state index in [-0.39, 0.29) is 16.7 Å². The fraction of sp³-hybridized carbons (Fsp3) is 0.385. The van der Waals surface area contributed by atoms with Gasteiger partial charge in [0.15, 0.2) is 0 Å². The van der Waals surface area contributed by atoms with E-state index in [9.17, 15) is 8.42 Å². The van der Waals surface area contributed by atoms with Crippen molar-refractivity contribution < 1.29 is 13.3 Å². The maximum absolute atomic E-state index is 12.3. The Morgan fingerprint density at radius 1 is 1.45 bits per heavy atom. The number of thiol groups is 1. The van der Waals surface area contributed by atoms with E-state index in [0.717, 1.165) is 10.2 Å². The van der Waals surface area contributed by atoms with Crippen LogP contribution in [0.4, 0.5) is 5.69 Å². The van der Waals surface area contributed by atoms with Crippen molar-refractivity contribution in [2.75, 3.05) is 25.0 Å². The molecule has 0 spiro atoms. The van der Waals surface area contributed by atoms with E-state index in [0.29, 0.717) is 13.2 Å². The highest BCUT2D eigenvalue weighted by Crippen LogP contribution is 2.23. The molecule has 20 heavy (non-hydrogen) atoms. The van der Waals surface area contributed by atoms with Crippen molar-refractivity contribution >= 4 is 28.3 Å². The minimum absolute atomic E-state index is 0.0849. The van der Waals surface area contributed by atoms with Crippen LogP contribution < -0.4 is 5.32 Å². The van der Waals surface area contributed by atoms with Crippen LogP contribution in [0.15, 0.2) is 29.2 Å². The van der Waals surface area contributed by atoms with Gasteiger partial charge in [0.05, 0.1) is 24.6 Å². The third-order valence-electron chi connectivity index (χ3n) is 2.75. The predicted molar refractivity (Wildman–Crippen MR) is 81.0 cm³/mol. The van der Waals surface area contributed by atoms with Crippen LogP contribution >= 0.6 is 12.6 Å². The van der Waals surface area contributed by atoms with Gasteiger partial charge in [0, 0.05) is 10.9 Å². The van der Waals surface area contributed by atoms with Crippen molar-refractivity contribution in [2.24, 2.45) is 0 Å². The molecule has 0 amide bonds. The van der Waals surface area contributed by atoms with Gasteiger partial charge in [-0.05, 0) is 31.2 Å². The Labute approximate surface area is 124 Å². The fourth-order valence-corrected chi connectivity index (χ4v) is 3.33. The lowest BCUT2D eigenvalue weighted by molar-refractivity contribution is -0.0283. The summed E-state index contributed by atoms with van der Waals surface area (Å²) in [7, 11) is -3.61. The molecule has 1 aromatic rings. The lowest BCUT2D eigenvalue weighted by atomic mass is 10.3. The number of hydroxylamine groups is 1. The van der Waals surface area contributed by atoms with E-state index < -0.39 is 10.0 Å². The first-order valence-electron chi connectivity index (χ1n) is 6.11. The van der Waals surface area contributed by atoms with Gasteiger partial charge in [-0.1, -0.05) is 10.4 Å². The van der Waals surface area contributed by atoms with Crippen molar-refractivity contribution in [3.63, 3.8) is 0 Å². The van der Waals surface area contributed by atoms with Crippen molar-refractivity contribution in [1.29, 1.82) is 0 Å². The maximum Gasteiger partial charge on any atom is 0.265 e. The van der Waals surface area contributed by atoms with Crippen molar-refractivity contribution in [3.05, 3.63) is 24.3 Å². The molecule has 0 saturated carbocycles. The molecular formula is C13H16N2O3S2. The Bertz CT molecular complexity index is 617. The molecule has 1 atom stereocenters. The van der Waals surface area contributed by atoms with E-state index in [2.05, 4.69) is 29.8 Å². The van der Waals surface area contributed by atoms with Crippen LogP contribution in [0.1, 0.15) is 6.92 Å². The third kappa shape index (κ3) is 3.46. The van der Waals surface area contributed by atoms with Crippen molar-refractivity contribution in [1.82, 2.24) is 4.47 Å². The second-order valence-corrected chi connectivity index (χ2v) is 6.80. The molecule has 0 aliphatic carbocycles. The summed E-state index contributed by atoms with van der Waals surface area (Å²) in [6.45, 7) is 2.86. The van der Waals surface area contributed by atoms with Gasteiger partial charge < -0.3 is 5.32 Å². The largest absolute Gasteiger partial charge is 0.374 e. The first-order valence-corrected chi connectivity index (χ1v) is 8.07. The van der Waals surface area contributed by atoms with Crippen molar-refractivity contribution in [2.45, 2.75) is 17.1 Å². The maximum atomic E-state index is 12.3. The Kier molecular flexibility index (Phi) is 4.94. The van der Waals surface area contributed by atoms with Crippen molar-refractivity contribution in [3.8, 4) is 11.8 Å². The van der Waals surface area contributed by atoms with E-state index in [1.54, 1.807) is 31.2 Å². The van der Waals surface area contributed by atoms with Crippen LogP contribution in [0, 0.1) is 11.8 Å². The number of sulfonamides is 1. The molecule has 1 heterocycles. The van der Waals surface area contributed by atoms with Gasteiger partial charge in [-0.2, -0.15) is 12.6 Å². The third-order valence-corrected chi connectivity index (χ3v) is 4.72. The van der Waals surface area contributed by atoms with Crippen LogP contribution in [0.2, 0.25) is 0 Å². The Morgan fingerprint density at radius 2 is 2.15 bits per heavy atom. The summed E-state index contributed by atoms with van der Waals surface area (Å²) in [6.07, 6.45) is 0. The molecule has 108 valence electrons. The molecule has 1 aliphatic rings. The molecule has 1 N–H and O–H groups in total. The molecule has 1 aromatic carbocycles. The minimum atomic E-state index is -3.61. The highest BCUT2D eigenvalue weighted by molar-refractivity contribution is 7.89. The Hall–Kier alpha value is -1.20. The van der Waals surface area contributed by atoms with Gasteiger partial charge in [-0.25, -0.2) is 8.42 Å². The number of nitrogens with zero attached hydrogens (tertiary/aromatic N) is 1. The molecule has 5 nitrogen and oxygen atoms in total. The highest BCUT2D eigenvalue weighted by atomic mass is 32.2. The zero-order chi connectivity index (χ0) is 14.6. The summed E-state index contributed by atoms with van der Waals surface area (Å²) in [5, 5.41) is 2.99. The van der Waals surface area contributed by atoms with Gasteiger partial charge >= 0.3 is 0 Å². The van der Waals surface area contributed by atoms with Gasteiger partial charge in [-0.3, -0.25) is 4.84 Å². The molecule has 1 saturated heterocycles. The van der Waals surface area contributed by atoms with E-state index in [1.807, 2.05) is 0 Å². The Morgan fingerprint density at radius 3 is 2.70 bits per heavy atom. The second-order valence-electron chi connectivity index (χ2n) is 4.24. The van der Waals surface area contributed by atoms with Crippen LogP contribution in [0.3, 0.4) is 0 Å². The lowest BCUT2D eigenvalue weighted by Gasteiger charge is -2.14. The molecule has 1 aliphatic heterocycles. The van der Waals surface area contributed by atoms with Gasteiger partial charge in [0.25, 0.3) is 10.0 Å². The first-order chi connectivity index (χ1) is 9.54. The molecule has 0 aromatic heterocycles. The summed E-state index contributed by atoms with van der Waals surface area (Å²) in [5.41, 5.74) is 0.820. The van der Waals surface area contributed by atoms with Crippen LogP contribution in [0.25, 0.3) is 0 Å². The Balaban J connectivity index is 2.10. The monoisotopic (exact) mass is 312 g/mol. The number of benzene rings is 1. The zero-order valence-corrected chi connectivity index (χ0v) is 12.7. The topological polar surface area (TPSA) is 58.6 Å². The van der Waals surface area contributed by atoms with E-state index >= 15 is 0 Å². The summed E-state index contributed by atoms with van der Waals surface area (Å²) >= 11 is 4.21. The van der Waals surface area contributed by atoms with Crippen LogP contribution in [0.5, 0.6) is 0 Å². The number of hydrogen-bond acceptors (Lipinski definition) is 5. The first kappa shape index (κ1) is 15.2. The minimum Gasteiger partial charge on any atom is -0.374 e. The number of rotatable bonds is 4. The summed E-state index contributed by atoms with van der Waals surface area (Å²) < 4.78 is 25.5. The quantitative estimate of drug-likeness (QED) is 0.651. The zero-order valence-electron chi connectivity index (χ0n) is 11.0. The van der Waals surface area contributed by atoms with Gasteiger partial charge in [0.1, 0.15) is 0 Å². The summed E-state index contributed by atoms with van der Waals surface area (Å²) in [5.74, 6) is 5.65. The lowest BCUT2D eigenvalue weighted by Crippen LogP contribution is -2.27. The SMILES string of the molecule is CC#CCNc1ccc(S(=O)(=O)N2CC(S)CO2)cc1. The van der Waals surface area contributed by atoms with Crippen LogP contribution in [-0.4, -0.2) is 37.8 Å². The van der Waals surface area contributed by atoms with E-state index in [4.69, 9.17) is 4.84 Å². The average molecular weight is 312 g/mol. The fourth-order valence-electron chi connectivity index (χ4n) is 1.71.